The van der Waals surface area contributed by atoms with E-state index in [0.29, 0.717) is 6.42 Å². The lowest BCUT2D eigenvalue weighted by molar-refractivity contribution is -0.0440. The van der Waals surface area contributed by atoms with Gasteiger partial charge in [0.1, 0.15) is 6.10 Å². The van der Waals surface area contributed by atoms with Gasteiger partial charge in [0.05, 0.1) is 12.2 Å². The molecule has 3 N–H and O–H groups in total. The first-order valence-electron chi connectivity index (χ1n) is 3.70. The molecule has 1 saturated carbocycles. The van der Waals surface area contributed by atoms with Gasteiger partial charge in [0, 0.05) is 19.6 Å². The summed E-state index contributed by atoms with van der Waals surface area (Å²) in [6.45, 7) is -0.0991. The Morgan fingerprint density at radius 1 is 1.36 bits per heavy atom. The largest absolute Gasteiger partial charge is 0.396 e. The maximum Gasteiger partial charge on any atom is 0.106 e. The van der Waals surface area contributed by atoms with Gasteiger partial charge in [0.15, 0.2) is 0 Å². The molecule has 66 valence electrons. The van der Waals surface area contributed by atoms with Crippen LogP contribution in [-0.2, 0) is 4.74 Å². The smallest absolute Gasteiger partial charge is 0.106 e. The van der Waals surface area contributed by atoms with Crippen molar-refractivity contribution in [3.8, 4) is 0 Å². The van der Waals surface area contributed by atoms with Gasteiger partial charge in [-0.25, -0.2) is 0 Å². The van der Waals surface area contributed by atoms with Crippen molar-refractivity contribution in [1.82, 2.24) is 0 Å². The van der Waals surface area contributed by atoms with Crippen molar-refractivity contribution in [3.05, 3.63) is 0 Å². The first-order valence-corrected chi connectivity index (χ1v) is 3.70. The van der Waals surface area contributed by atoms with Gasteiger partial charge in [0.2, 0.25) is 0 Å². The van der Waals surface area contributed by atoms with Crippen LogP contribution in [0.2, 0.25) is 0 Å². The number of methoxy groups -OCH3 is 1. The lowest BCUT2D eigenvalue weighted by Crippen LogP contribution is -2.32. The number of hydrogen-bond donors (Lipinski definition) is 3. The predicted octanol–water partition coefficient (Wildman–Crippen LogP) is -1.26. The fourth-order valence-corrected chi connectivity index (χ4v) is 1.49. The van der Waals surface area contributed by atoms with Gasteiger partial charge in [0.25, 0.3) is 0 Å². The molecule has 1 aliphatic rings. The lowest BCUT2D eigenvalue weighted by Gasteiger charge is -2.14. The van der Waals surface area contributed by atoms with Crippen molar-refractivity contribution < 1.29 is 20.1 Å². The average molecular weight is 162 g/mol. The highest BCUT2D eigenvalue weighted by Crippen LogP contribution is 2.27. The zero-order valence-electron chi connectivity index (χ0n) is 6.47. The summed E-state index contributed by atoms with van der Waals surface area (Å²) in [5, 5.41) is 27.3. The first-order chi connectivity index (χ1) is 5.20. The molecule has 0 spiro atoms. The highest BCUT2D eigenvalue weighted by molar-refractivity contribution is 4.91. The molecule has 1 rings (SSSR count). The molecule has 1 fully saturated rings. The first kappa shape index (κ1) is 8.93. The van der Waals surface area contributed by atoms with E-state index in [4.69, 9.17) is 9.84 Å². The number of ether oxygens (including phenoxy) is 1. The van der Waals surface area contributed by atoms with Gasteiger partial charge >= 0.3 is 0 Å². The molecule has 0 bridgehead atoms. The Hall–Kier alpha value is -0.160. The third-order valence-corrected chi connectivity index (χ3v) is 2.29. The molecule has 0 amide bonds. The van der Waals surface area contributed by atoms with Crippen LogP contribution >= 0.6 is 0 Å². The summed E-state index contributed by atoms with van der Waals surface area (Å²) in [6.07, 6.45) is -1.50. The van der Waals surface area contributed by atoms with Crippen LogP contribution in [0.1, 0.15) is 6.42 Å². The molecule has 0 aromatic carbocycles. The van der Waals surface area contributed by atoms with E-state index in [0.717, 1.165) is 0 Å². The third-order valence-electron chi connectivity index (χ3n) is 2.29. The summed E-state index contributed by atoms with van der Waals surface area (Å²) in [5.74, 6) is -0.241. The number of rotatable bonds is 2. The van der Waals surface area contributed by atoms with Crippen LogP contribution in [0.4, 0.5) is 0 Å². The van der Waals surface area contributed by atoms with E-state index in [2.05, 4.69) is 0 Å². The minimum absolute atomic E-state index is 0.0991. The molecule has 4 heteroatoms. The maximum atomic E-state index is 9.27. The Balaban J connectivity index is 2.53. The van der Waals surface area contributed by atoms with E-state index in [1.165, 1.54) is 7.11 Å². The third kappa shape index (κ3) is 1.54. The van der Waals surface area contributed by atoms with E-state index >= 15 is 0 Å². The second-order valence-electron chi connectivity index (χ2n) is 2.93. The van der Waals surface area contributed by atoms with Gasteiger partial charge in [-0.2, -0.15) is 0 Å². The van der Waals surface area contributed by atoms with Crippen LogP contribution < -0.4 is 0 Å². The Morgan fingerprint density at radius 2 is 2.00 bits per heavy atom. The fourth-order valence-electron chi connectivity index (χ4n) is 1.49. The minimum atomic E-state index is -0.850. The monoisotopic (exact) mass is 162 g/mol. The average Bonchev–Trinajstić information content (AvgIpc) is 2.30. The summed E-state index contributed by atoms with van der Waals surface area (Å²) in [4.78, 5) is 0. The van der Waals surface area contributed by atoms with Gasteiger partial charge in [-0.3, -0.25) is 0 Å². The normalized spacial score (nSPS) is 44.7. The van der Waals surface area contributed by atoms with Crippen LogP contribution in [0, 0.1) is 5.92 Å². The lowest BCUT2D eigenvalue weighted by atomic mass is 10.1. The Morgan fingerprint density at radius 3 is 2.27 bits per heavy atom. The Kier molecular flexibility index (Phi) is 2.84. The molecule has 0 aromatic rings. The summed E-state index contributed by atoms with van der Waals surface area (Å²) in [5.41, 5.74) is 0. The van der Waals surface area contributed by atoms with E-state index in [9.17, 15) is 10.2 Å². The molecular formula is C7H14O4. The standard InChI is InChI=1S/C7H14O4/c1-11-5-2-4(3-8)6(9)7(5)10/h4-10H,2-3H2,1H3/t4-,5-,6-,7-/m1/s1. The summed E-state index contributed by atoms with van der Waals surface area (Å²) in [7, 11) is 1.49. The molecule has 4 atom stereocenters. The quantitative estimate of drug-likeness (QED) is 0.474. The second kappa shape index (κ2) is 3.49. The van der Waals surface area contributed by atoms with E-state index in [-0.39, 0.29) is 18.6 Å². The number of aliphatic hydroxyl groups is 3. The van der Waals surface area contributed by atoms with Crippen molar-refractivity contribution in [2.75, 3.05) is 13.7 Å². The van der Waals surface area contributed by atoms with Crippen LogP contribution in [0.5, 0.6) is 0 Å². The van der Waals surface area contributed by atoms with Crippen molar-refractivity contribution in [2.24, 2.45) is 5.92 Å². The molecule has 0 aromatic heterocycles. The van der Waals surface area contributed by atoms with Crippen LogP contribution in [-0.4, -0.2) is 47.3 Å². The second-order valence-corrected chi connectivity index (χ2v) is 2.93. The maximum absolute atomic E-state index is 9.27. The molecule has 1 aliphatic carbocycles. The van der Waals surface area contributed by atoms with Crippen LogP contribution in [0.25, 0.3) is 0 Å². The topological polar surface area (TPSA) is 69.9 Å². The minimum Gasteiger partial charge on any atom is -0.396 e. The molecule has 11 heavy (non-hydrogen) atoms. The summed E-state index contributed by atoms with van der Waals surface area (Å²) in [6, 6.07) is 0. The molecule has 0 heterocycles. The van der Waals surface area contributed by atoms with Crippen molar-refractivity contribution in [2.45, 2.75) is 24.7 Å². The van der Waals surface area contributed by atoms with E-state index in [1.54, 1.807) is 0 Å². The highest BCUT2D eigenvalue weighted by atomic mass is 16.5. The van der Waals surface area contributed by atoms with Crippen molar-refractivity contribution in [3.63, 3.8) is 0 Å². The van der Waals surface area contributed by atoms with Crippen LogP contribution in [0.3, 0.4) is 0 Å². The summed E-state index contributed by atoms with van der Waals surface area (Å²) < 4.78 is 4.90. The van der Waals surface area contributed by atoms with Gasteiger partial charge < -0.3 is 20.1 Å². The highest BCUT2D eigenvalue weighted by Gasteiger charge is 2.40. The Bertz CT molecular complexity index is 110. The zero-order chi connectivity index (χ0) is 8.43. The van der Waals surface area contributed by atoms with Gasteiger partial charge in [-0.15, -0.1) is 0 Å². The van der Waals surface area contributed by atoms with Gasteiger partial charge in [-0.1, -0.05) is 0 Å². The molecule has 0 saturated heterocycles. The molecule has 0 unspecified atom stereocenters. The molecule has 0 aliphatic heterocycles. The number of aliphatic hydroxyl groups excluding tert-OH is 3. The molecule has 0 radical (unpaired) electrons. The van der Waals surface area contributed by atoms with Crippen molar-refractivity contribution >= 4 is 0 Å². The predicted molar refractivity (Wildman–Crippen MR) is 38.0 cm³/mol. The molecule has 4 nitrogen and oxygen atoms in total. The number of hydrogen-bond acceptors (Lipinski definition) is 4. The van der Waals surface area contributed by atoms with Gasteiger partial charge in [-0.05, 0) is 6.42 Å². The molecular weight excluding hydrogens is 148 g/mol. The van der Waals surface area contributed by atoms with Crippen LogP contribution in [0.15, 0.2) is 0 Å². The zero-order valence-corrected chi connectivity index (χ0v) is 6.47. The summed E-state index contributed by atoms with van der Waals surface area (Å²) >= 11 is 0. The fraction of sp³-hybridized carbons (Fsp3) is 1.00. The SMILES string of the molecule is CO[C@@H]1C[C@H](CO)[C@@H](O)[C@@H]1O. The van der Waals surface area contributed by atoms with E-state index < -0.39 is 12.2 Å². The van der Waals surface area contributed by atoms with E-state index in [1.807, 2.05) is 0 Å². The Labute approximate surface area is 65.4 Å². The van der Waals surface area contributed by atoms with Crippen molar-refractivity contribution in [1.29, 1.82) is 0 Å².